The van der Waals surface area contributed by atoms with Crippen LogP contribution in [0.5, 0.6) is 0 Å². The highest BCUT2D eigenvalue weighted by Crippen LogP contribution is 2.33. The molecular formula is C20H19NO3S2. The summed E-state index contributed by atoms with van der Waals surface area (Å²) in [4.78, 5) is 13.2. The van der Waals surface area contributed by atoms with E-state index in [1.54, 1.807) is 25.1 Å². The normalized spacial score (nSPS) is 11.5. The van der Waals surface area contributed by atoms with Gasteiger partial charge in [-0.05, 0) is 42.7 Å². The highest BCUT2D eigenvalue weighted by atomic mass is 32.2. The van der Waals surface area contributed by atoms with Crippen LogP contribution in [0.2, 0.25) is 0 Å². The molecule has 0 aliphatic rings. The van der Waals surface area contributed by atoms with Crippen molar-refractivity contribution in [3.05, 3.63) is 76.2 Å². The topological polar surface area (TPSA) is 77.2 Å². The Hall–Kier alpha value is -2.44. The molecule has 0 bridgehead atoms. The van der Waals surface area contributed by atoms with Gasteiger partial charge in [-0.15, -0.1) is 11.3 Å². The predicted molar refractivity (Wildman–Crippen MR) is 105 cm³/mol. The van der Waals surface area contributed by atoms with Crippen LogP contribution in [0.15, 0.2) is 59.5 Å². The van der Waals surface area contributed by atoms with Gasteiger partial charge in [0.2, 0.25) is 0 Å². The fourth-order valence-corrected chi connectivity index (χ4v) is 5.67. The van der Waals surface area contributed by atoms with Gasteiger partial charge in [0, 0.05) is 4.88 Å². The molecule has 0 atom stereocenters. The van der Waals surface area contributed by atoms with Gasteiger partial charge in [-0.25, -0.2) is 8.42 Å². The van der Waals surface area contributed by atoms with Gasteiger partial charge < -0.3 is 5.73 Å². The number of thiophene rings is 1. The van der Waals surface area contributed by atoms with E-state index in [0.29, 0.717) is 11.1 Å². The Bertz CT molecular complexity index is 1070. The second kappa shape index (κ2) is 7.05. The Morgan fingerprint density at radius 2 is 1.73 bits per heavy atom. The first-order chi connectivity index (χ1) is 12.3. The number of hydrogen-bond donors (Lipinski definition) is 1. The number of nitrogens with two attached hydrogens (primary N) is 1. The molecule has 0 radical (unpaired) electrons. The van der Waals surface area contributed by atoms with Gasteiger partial charge in [-0.1, -0.05) is 48.0 Å². The lowest BCUT2D eigenvalue weighted by Gasteiger charge is -2.08. The fraction of sp³-hybridized carbons (Fsp3) is 0.150. The highest BCUT2D eigenvalue weighted by Gasteiger charge is 2.23. The summed E-state index contributed by atoms with van der Waals surface area (Å²) in [5.41, 5.74) is 8.56. The molecule has 26 heavy (non-hydrogen) atoms. The molecule has 6 heteroatoms. The molecule has 3 rings (SSSR count). The Morgan fingerprint density at radius 3 is 2.35 bits per heavy atom. The molecule has 1 heterocycles. The van der Waals surface area contributed by atoms with E-state index in [2.05, 4.69) is 0 Å². The molecule has 0 spiro atoms. The SMILES string of the molecule is Cc1ccc(S(=O)(=O)Cc2cc(-c3ccccc3)sc2C(N)=O)c(C)c1. The Kier molecular flexibility index (Phi) is 4.98. The third-order valence-corrected chi connectivity index (χ3v) is 7.16. The van der Waals surface area contributed by atoms with Crippen LogP contribution >= 0.6 is 11.3 Å². The van der Waals surface area contributed by atoms with Gasteiger partial charge in [0.15, 0.2) is 9.84 Å². The first-order valence-electron chi connectivity index (χ1n) is 8.06. The average molecular weight is 386 g/mol. The van der Waals surface area contributed by atoms with Crippen LogP contribution in [0.1, 0.15) is 26.4 Å². The molecule has 0 aliphatic heterocycles. The van der Waals surface area contributed by atoms with Crippen molar-refractivity contribution in [1.82, 2.24) is 0 Å². The summed E-state index contributed by atoms with van der Waals surface area (Å²) in [7, 11) is -3.59. The number of sulfone groups is 1. The van der Waals surface area contributed by atoms with E-state index in [0.717, 1.165) is 16.0 Å². The van der Waals surface area contributed by atoms with Crippen LogP contribution in [0, 0.1) is 13.8 Å². The highest BCUT2D eigenvalue weighted by molar-refractivity contribution is 7.90. The van der Waals surface area contributed by atoms with Crippen LogP contribution in [0.25, 0.3) is 10.4 Å². The minimum absolute atomic E-state index is 0.251. The number of carbonyl (C=O) groups excluding carboxylic acids is 1. The fourth-order valence-electron chi connectivity index (χ4n) is 2.92. The molecule has 134 valence electrons. The van der Waals surface area contributed by atoms with Crippen molar-refractivity contribution in [2.75, 3.05) is 0 Å². The largest absolute Gasteiger partial charge is 0.365 e. The minimum atomic E-state index is -3.59. The van der Waals surface area contributed by atoms with Crippen molar-refractivity contribution in [3.8, 4) is 10.4 Å². The summed E-state index contributed by atoms with van der Waals surface area (Å²) in [5.74, 6) is -0.860. The van der Waals surface area contributed by atoms with Crippen LogP contribution < -0.4 is 5.73 Å². The van der Waals surface area contributed by atoms with Crippen molar-refractivity contribution >= 4 is 27.1 Å². The van der Waals surface area contributed by atoms with E-state index in [1.165, 1.54) is 11.3 Å². The monoisotopic (exact) mass is 385 g/mol. The quantitative estimate of drug-likeness (QED) is 0.718. The summed E-state index contributed by atoms with van der Waals surface area (Å²) in [5, 5.41) is 0. The van der Waals surface area contributed by atoms with E-state index in [4.69, 9.17) is 5.73 Å². The second-order valence-electron chi connectivity index (χ2n) is 6.22. The molecule has 0 unspecified atom stereocenters. The van der Waals surface area contributed by atoms with Crippen molar-refractivity contribution in [3.63, 3.8) is 0 Å². The maximum absolute atomic E-state index is 12.9. The number of primary amides is 1. The van der Waals surface area contributed by atoms with Gasteiger partial charge in [0.05, 0.1) is 15.5 Å². The Balaban J connectivity index is 2.03. The first kappa shape index (κ1) is 18.4. The third kappa shape index (κ3) is 3.71. The molecular weight excluding hydrogens is 366 g/mol. The molecule has 0 saturated carbocycles. The van der Waals surface area contributed by atoms with Crippen LogP contribution in [0.3, 0.4) is 0 Å². The number of benzene rings is 2. The zero-order chi connectivity index (χ0) is 18.9. The van der Waals surface area contributed by atoms with Crippen molar-refractivity contribution in [2.24, 2.45) is 5.73 Å². The molecule has 0 fully saturated rings. The van der Waals surface area contributed by atoms with E-state index in [9.17, 15) is 13.2 Å². The van der Waals surface area contributed by atoms with Gasteiger partial charge in [-0.2, -0.15) is 0 Å². The minimum Gasteiger partial charge on any atom is -0.365 e. The summed E-state index contributed by atoms with van der Waals surface area (Å²) in [6.45, 7) is 3.69. The zero-order valence-electron chi connectivity index (χ0n) is 14.5. The molecule has 0 aliphatic carbocycles. The van der Waals surface area contributed by atoms with E-state index >= 15 is 0 Å². The molecule has 0 saturated heterocycles. The van der Waals surface area contributed by atoms with E-state index in [-0.39, 0.29) is 15.5 Å². The van der Waals surface area contributed by atoms with E-state index < -0.39 is 15.7 Å². The van der Waals surface area contributed by atoms with Gasteiger partial charge in [0.1, 0.15) is 0 Å². The first-order valence-corrected chi connectivity index (χ1v) is 10.5. The predicted octanol–water partition coefficient (Wildman–Crippen LogP) is 4.10. The van der Waals surface area contributed by atoms with Crippen molar-refractivity contribution in [2.45, 2.75) is 24.5 Å². The van der Waals surface area contributed by atoms with Crippen LogP contribution in [-0.2, 0) is 15.6 Å². The summed E-state index contributed by atoms with van der Waals surface area (Å²) < 4.78 is 25.8. The summed E-state index contributed by atoms with van der Waals surface area (Å²) >= 11 is 1.22. The molecule has 1 aromatic heterocycles. The van der Waals surface area contributed by atoms with Gasteiger partial charge in [-0.3, -0.25) is 4.79 Å². The zero-order valence-corrected chi connectivity index (χ0v) is 16.2. The maximum Gasteiger partial charge on any atom is 0.259 e. The number of carbonyl (C=O) groups is 1. The van der Waals surface area contributed by atoms with Crippen molar-refractivity contribution < 1.29 is 13.2 Å². The number of amides is 1. The molecule has 1 amide bonds. The maximum atomic E-state index is 12.9. The lowest BCUT2D eigenvalue weighted by molar-refractivity contribution is 0.100. The van der Waals surface area contributed by atoms with Gasteiger partial charge in [0.25, 0.3) is 5.91 Å². The number of hydrogen-bond acceptors (Lipinski definition) is 4. The number of aryl methyl sites for hydroxylation is 2. The molecule has 4 nitrogen and oxygen atoms in total. The van der Waals surface area contributed by atoms with Gasteiger partial charge >= 0.3 is 0 Å². The smallest absolute Gasteiger partial charge is 0.259 e. The Labute approximate surface area is 157 Å². The van der Waals surface area contributed by atoms with Crippen molar-refractivity contribution in [1.29, 1.82) is 0 Å². The standard InChI is InChI=1S/C20H19NO3S2/c1-13-8-9-18(14(2)10-13)26(23,24)12-16-11-17(25-19(16)20(21)22)15-6-4-3-5-7-15/h3-11H,12H2,1-2H3,(H2,21,22). The van der Waals surface area contributed by atoms with Crippen LogP contribution in [0.4, 0.5) is 0 Å². The second-order valence-corrected chi connectivity index (χ2v) is 9.23. The summed E-state index contributed by atoms with van der Waals surface area (Å²) in [6, 6.07) is 16.5. The molecule has 2 N–H and O–H groups in total. The van der Waals surface area contributed by atoms with Crippen LogP contribution in [-0.4, -0.2) is 14.3 Å². The molecule has 2 aromatic carbocycles. The average Bonchev–Trinajstić information content (AvgIpc) is 2.98. The molecule has 3 aromatic rings. The lowest BCUT2D eigenvalue weighted by Crippen LogP contribution is -2.14. The lowest BCUT2D eigenvalue weighted by atomic mass is 10.1. The van der Waals surface area contributed by atoms with E-state index in [1.807, 2.05) is 43.3 Å². The summed E-state index contributed by atoms with van der Waals surface area (Å²) in [6.07, 6.45) is 0. The Morgan fingerprint density at radius 1 is 1.04 bits per heavy atom. The number of rotatable bonds is 5. The third-order valence-electron chi connectivity index (χ3n) is 4.10.